The minimum absolute atomic E-state index is 0.0889. The number of carbonyl (C=O) groups excluding carboxylic acids is 1. The lowest BCUT2D eigenvalue weighted by Crippen LogP contribution is -2.37. The Labute approximate surface area is 169 Å². The monoisotopic (exact) mass is 417 g/mol. The summed E-state index contributed by atoms with van der Waals surface area (Å²) in [6.07, 6.45) is 2.74. The fourth-order valence-corrected chi connectivity index (χ4v) is 3.89. The topological polar surface area (TPSA) is 72.3 Å². The number of benzene rings is 1. The Morgan fingerprint density at radius 2 is 2.07 bits per heavy atom. The quantitative estimate of drug-likeness (QED) is 0.701. The van der Waals surface area contributed by atoms with Gasteiger partial charge in [0.1, 0.15) is 5.82 Å². The summed E-state index contributed by atoms with van der Waals surface area (Å²) in [6.45, 7) is 0.320. The summed E-state index contributed by atoms with van der Waals surface area (Å²) < 4.78 is 48.0. The van der Waals surface area contributed by atoms with Crippen molar-refractivity contribution in [2.24, 2.45) is 5.92 Å². The summed E-state index contributed by atoms with van der Waals surface area (Å²) in [6, 6.07) is 4.55. The molecule has 156 valence electrons. The molecule has 2 aliphatic rings. The highest BCUT2D eigenvalue weighted by Crippen LogP contribution is 2.43. The van der Waals surface area contributed by atoms with Crippen molar-refractivity contribution in [2.45, 2.75) is 25.3 Å². The van der Waals surface area contributed by atoms with Gasteiger partial charge >= 0.3 is 0 Å². The number of hydrogen-bond acceptors (Lipinski definition) is 5. The van der Waals surface area contributed by atoms with Gasteiger partial charge in [-0.2, -0.15) is 0 Å². The molecule has 0 spiro atoms. The van der Waals surface area contributed by atoms with E-state index in [4.69, 9.17) is 4.74 Å². The molecule has 1 N–H and O–H groups in total. The van der Waals surface area contributed by atoms with E-state index in [0.717, 1.165) is 0 Å². The number of pyridine rings is 1. The third kappa shape index (κ3) is 3.21. The summed E-state index contributed by atoms with van der Waals surface area (Å²) >= 11 is 0. The Hall–Kier alpha value is -3.30. The van der Waals surface area contributed by atoms with Crippen molar-refractivity contribution < 1.29 is 22.7 Å². The van der Waals surface area contributed by atoms with Gasteiger partial charge in [-0.3, -0.25) is 9.69 Å². The molecule has 0 unspecified atom stereocenters. The van der Waals surface area contributed by atoms with Crippen LogP contribution in [0, 0.1) is 11.7 Å². The van der Waals surface area contributed by atoms with Crippen molar-refractivity contribution in [3.05, 3.63) is 36.5 Å². The molecule has 0 atom stereocenters. The zero-order valence-corrected chi connectivity index (χ0v) is 16.0. The maximum atomic E-state index is 14.6. The van der Waals surface area contributed by atoms with Gasteiger partial charge in [0.25, 0.3) is 5.91 Å². The number of fused-ring (bicyclic) bond motifs is 2. The van der Waals surface area contributed by atoms with Crippen LogP contribution in [0.1, 0.15) is 12.8 Å². The van der Waals surface area contributed by atoms with Crippen LogP contribution in [0.4, 0.5) is 30.4 Å². The number of anilines is 3. The number of imidazole rings is 1. The predicted octanol–water partition coefficient (Wildman–Crippen LogP) is 3.71. The first-order valence-corrected chi connectivity index (χ1v) is 9.48. The van der Waals surface area contributed by atoms with Crippen LogP contribution in [0.2, 0.25) is 0 Å². The Balaban J connectivity index is 1.41. The summed E-state index contributed by atoms with van der Waals surface area (Å²) in [5.74, 6) is -2.61. The van der Waals surface area contributed by atoms with Gasteiger partial charge < -0.3 is 14.6 Å². The van der Waals surface area contributed by atoms with E-state index in [1.807, 2.05) is 0 Å². The van der Waals surface area contributed by atoms with Gasteiger partial charge in [-0.25, -0.2) is 23.1 Å². The maximum Gasteiger partial charge on any atom is 0.265 e. The average Bonchev–Trinajstić information content (AvgIpc) is 3.05. The standard InChI is InChI=1S/C20H18F3N5O2/c1-27-18(29)9-30-17-2-12(7-24-19(17)27)26-14-4-16-15(3-13(14)21)25-10-28(16)8-11-5-20(22,23)6-11/h2-4,7,10-11,26H,5-6,8-9H2,1H3. The van der Waals surface area contributed by atoms with Crippen LogP contribution in [0.15, 0.2) is 30.7 Å². The van der Waals surface area contributed by atoms with Crippen molar-refractivity contribution >= 4 is 34.1 Å². The van der Waals surface area contributed by atoms with Gasteiger partial charge in [-0.05, 0) is 12.0 Å². The largest absolute Gasteiger partial charge is 0.480 e. The highest BCUT2D eigenvalue weighted by molar-refractivity contribution is 5.96. The minimum Gasteiger partial charge on any atom is -0.480 e. The molecule has 1 saturated carbocycles. The number of carbonyl (C=O) groups is 1. The number of likely N-dealkylation sites (N-methyl/N-ethyl adjacent to an activating group) is 1. The highest BCUT2D eigenvalue weighted by atomic mass is 19.3. The molecule has 1 amide bonds. The molecule has 10 heteroatoms. The van der Waals surface area contributed by atoms with Gasteiger partial charge in [0.15, 0.2) is 18.2 Å². The molecule has 0 radical (unpaired) electrons. The molecule has 0 saturated heterocycles. The Morgan fingerprint density at radius 1 is 1.27 bits per heavy atom. The molecule has 1 aliphatic heterocycles. The van der Waals surface area contributed by atoms with Crippen molar-refractivity contribution in [3.8, 4) is 5.75 Å². The zero-order valence-electron chi connectivity index (χ0n) is 16.0. The molecule has 1 fully saturated rings. The SMILES string of the molecule is CN1C(=O)COc2cc(Nc3cc4c(cc3F)ncn4CC3CC(F)(F)C3)cnc21. The average molecular weight is 417 g/mol. The van der Waals surface area contributed by atoms with E-state index in [0.29, 0.717) is 34.8 Å². The van der Waals surface area contributed by atoms with Gasteiger partial charge in [0.2, 0.25) is 5.92 Å². The first-order valence-electron chi connectivity index (χ1n) is 9.48. The van der Waals surface area contributed by atoms with E-state index >= 15 is 0 Å². The molecular formula is C20H18F3N5O2. The van der Waals surface area contributed by atoms with Crippen LogP contribution in [-0.4, -0.2) is 40.0 Å². The Morgan fingerprint density at radius 3 is 2.83 bits per heavy atom. The van der Waals surface area contributed by atoms with E-state index in [9.17, 15) is 18.0 Å². The third-order valence-electron chi connectivity index (χ3n) is 5.49. The van der Waals surface area contributed by atoms with Crippen LogP contribution >= 0.6 is 0 Å². The molecule has 0 bridgehead atoms. The van der Waals surface area contributed by atoms with E-state index in [2.05, 4.69) is 15.3 Å². The lowest BCUT2D eigenvalue weighted by atomic mass is 9.81. The summed E-state index contributed by atoms with van der Waals surface area (Å²) in [5, 5.41) is 2.97. The Kier molecular flexibility index (Phi) is 4.12. The lowest BCUT2D eigenvalue weighted by molar-refractivity contribution is -0.121. The molecular weight excluding hydrogens is 399 g/mol. The maximum absolute atomic E-state index is 14.6. The smallest absolute Gasteiger partial charge is 0.265 e. The normalized spacial score (nSPS) is 18.1. The summed E-state index contributed by atoms with van der Waals surface area (Å²) in [5.41, 5.74) is 1.79. The van der Waals surface area contributed by atoms with E-state index in [-0.39, 0.29) is 37.0 Å². The van der Waals surface area contributed by atoms with Crippen molar-refractivity contribution in [2.75, 3.05) is 23.9 Å². The summed E-state index contributed by atoms with van der Waals surface area (Å²) in [7, 11) is 1.61. The number of rotatable bonds is 4. The molecule has 3 heterocycles. The predicted molar refractivity (Wildman–Crippen MR) is 104 cm³/mol. The molecule has 2 aromatic heterocycles. The van der Waals surface area contributed by atoms with Gasteiger partial charge in [-0.1, -0.05) is 0 Å². The van der Waals surface area contributed by atoms with Crippen molar-refractivity contribution in [1.82, 2.24) is 14.5 Å². The van der Waals surface area contributed by atoms with E-state index in [1.165, 1.54) is 17.2 Å². The third-order valence-corrected chi connectivity index (χ3v) is 5.49. The fourth-order valence-electron chi connectivity index (χ4n) is 3.89. The fraction of sp³-hybridized carbons (Fsp3) is 0.350. The first-order chi connectivity index (χ1) is 14.3. The molecule has 3 aromatic rings. The van der Waals surface area contributed by atoms with Crippen LogP contribution in [0.25, 0.3) is 11.0 Å². The second-order valence-corrected chi connectivity index (χ2v) is 7.76. The number of aromatic nitrogens is 3. The molecule has 5 rings (SSSR count). The minimum atomic E-state index is -2.58. The van der Waals surface area contributed by atoms with Crippen LogP contribution < -0.4 is 15.0 Å². The molecule has 1 aliphatic carbocycles. The highest BCUT2D eigenvalue weighted by Gasteiger charge is 2.45. The van der Waals surface area contributed by atoms with E-state index < -0.39 is 11.7 Å². The first kappa shape index (κ1) is 18.7. The van der Waals surface area contributed by atoms with E-state index in [1.54, 1.807) is 30.1 Å². The van der Waals surface area contributed by atoms with Gasteiger partial charge in [-0.15, -0.1) is 0 Å². The molecule has 1 aromatic carbocycles. The number of nitrogens with one attached hydrogen (secondary N) is 1. The van der Waals surface area contributed by atoms with Crippen LogP contribution in [-0.2, 0) is 11.3 Å². The van der Waals surface area contributed by atoms with Crippen LogP contribution in [0.5, 0.6) is 5.75 Å². The number of amides is 1. The van der Waals surface area contributed by atoms with Gasteiger partial charge in [0, 0.05) is 38.6 Å². The number of ether oxygens (including phenoxy) is 1. The number of hydrogen-bond donors (Lipinski definition) is 1. The second kappa shape index (κ2) is 6.61. The van der Waals surface area contributed by atoms with Crippen molar-refractivity contribution in [1.29, 1.82) is 0 Å². The lowest BCUT2D eigenvalue weighted by Gasteiger charge is -2.35. The van der Waals surface area contributed by atoms with Crippen molar-refractivity contribution in [3.63, 3.8) is 0 Å². The number of halogens is 3. The number of alkyl halides is 2. The Bertz CT molecular complexity index is 1150. The van der Waals surface area contributed by atoms with Crippen LogP contribution in [0.3, 0.4) is 0 Å². The summed E-state index contributed by atoms with van der Waals surface area (Å²) in [4.78, 5) is 21.5. The zero-order chi connectivity index (χ0) is 21.0. The molecule has 7 nitrogen and oxygen atoms in total. The number of nitrogens with zero attached hydrogens (tertiary/aromatic N) is 4. The molecule has 30 heavy (non-hydrogen) atoms. The second-order valence-electron chi connectivity index (χ2n) is 7.76. The van der Waals surface area contributed by atoms with Gasteiger partial charge in [0.05, 0.1) is 34.9 Å².